The van der Waals surface area contributed by atoms with E-state index in [4.69, 9.17) is 68.5 Å². The number of ether oxygens (including phenoxy) is 1. The molecule has 7 aliphatic heterocycles. The quantitative estimate of drug-likeness (QED) is 0.0600. The number of nitrogens with one attached hydrogen (secondary N) is 1. The first-order chi connectivity index (χ1) is 41.8. The first-order valence-electron chi connectivity index (χ1n) is 30.6. The summed E-state index contributed by atoms with van der Waals surface area (Å²) >= 11 is 0. The number of hydrogen-bond donors (Lipinski definition) is 9. The number of phosphoric acid groups is 1. The van der Waals surface area contributed by atoms with Crippen LogP contribution >= 0.6 is 7.82 Å². The molecule has 7 aliphatic rings. The summed E-state index contributed by atoms with van der Waals surface area (Å²) < 4.78 is 30.4. The van der Waals surface area contributed by atoms with E-state index in [2.05, 4.69) is 10.6 Å². The number of carbonyl (C=O) groups is 7. The monoisotopic (exact) mass is 1350 g/mol. The number of nitrogens with zero attached hydrogens (tertiary/aromatic N) is 6. The number of aliphatic imine (C=N–C) groups is 3. The number of nitrogens with two attached hydrogens (primary N) is 6. The molecule has 8 rings (SSSR count). The number of fused-ring (bicyclic) bond motifs is 7. The molecular weight excluding hydrogens is 1260 g/mol. The Kier molecular flexibility index (Phi) is 22.6. The van der Waals surface area contributed by atoms with Gasteiger partial charge in [0.25, 0.3) is 7.82 Å². The fourth-order valence-corrected chi connectivity index (χ4v) is 16.6. The molecule has 508 valence electrons. The summed E-state index contributed by atoms with van der Waals surface area (Å²) in [7, 11) is -5.31. The summed E-state index contributed by atoms with van der Waals surface area (Å²) in [4.78, 5) is 125. The average molecular weight is 1350 g/mol. The van der Waals surface area contributed by atoms with Crippen molar-refractivity contribution in [2.45, 2.75) is 189 Å². The van der Waals surface area contributed by atoms with E-state index >= 15 is 0 Å². The van der Waals surface area contributed by atoms with E-state index in [1.807, 2.05) is 80.5 Å². The Morgan fingerprint density at radius 1 is 0.804 bits per heavy atom. The second kappa shape index (κ2) is 27.9. The third-order valence-corrected chi connectivity index (χ3v) is 21.7. The Labute approximate surface area is 546 Å². The van der Waals surface area contributed by atoms with Gasteiger partial charge in [0.2, 0.25) is 41.4 Å². The van der Waals surface area contributed by atoms with Crippen molar-refractivity contribution in [2.75, 3.05) is 24.7 Å². The number of hydrogen-bond acceptors (Lipinski definition) is 19. The van der Waals surface area contributed by atoms with Crippen molar-refractivity contribution >= 4 is 77.7 Å². The largest absolute Gasteiger partial charge is 3.00 e. The van der Waals surface area contributed by atoms with Gasteiger partial charge in [-0.15, -0.1) is 5.69 Å². The molecule has 1 aromatic rings. The van der Waals surface area contributed by atoms with Gasteiger partial charge >= 0.3 is 16.8 Å². The molecular formula is C62H90CoN13O15P-. The van der Waals surface area contributed by atoms with Crippen LogP contribution in [0.4, 0.5) is 11.4 Å². The van der Waals surface area contributed by atoms with Crippen LogP contribution in [0.2, 0.25) is 0 Å². The van der Waals surface area contributed by atoms with Crippen molar-refractivity contribution in [2.24, 2.45) is 94.7 Å². The summed E-state index contributed by atoms with van der Waals surface area (Å²) in [6.07, 6.45) is -6.08. The molecule has 15 unspecified atom stereocenters. The number of allylic oxidation sites excluding steroid dienone is 6. The van der Waals surface area contributed by atoms with Crippen molar-refractivity contribution in [1.82, 2.24) is 5.32 Å². The Hall–Kier alpha value is -6.40. The van der Waals surface area contributed by atoms with Crippen LogP contribution in [-0.4, -0.2) is 136 Å². The number of aliphatic hydroxyl groups excluding tert-OH is 2. The van der Waals surface area contributed by atoms with Crippen LogP contribution in [-0.2, 0) is 68.7 Å². The van der Waals surface area contributed by atoms with Gasteiger partial charge in [-0.3, -0.25) is 53.1 Å². The molecule has 92 heavy (non-hydrogen) atoms. The van der Waals surface area contributed by atoms with Crippen LogP contribution < -0.4 is 49.5 Å². The van der Waals surface area contributed by atoms with E-state index in [9.17, 15) is 53.2 Å². The maximum atomic E-state index is 14.4. The predicted molar refractivity (Wildman–Crippen MR) is 335 cm³/mol. The fraction of sp³-hybridized carbons (Fsp3) is 0.645. The fourth-order valence-electron chi connectivity index (χ4n) is 15.5. The number of aliphatic hydroxyl groups is 2. The number of phosphoric ester groups is 1. The summed E-state index contributed by atoms with van der Waals surface area (Å²) in [5.41, 5.74) is 36.8. The van der Waals surface area contributed by atoms with Gasteiger partial charge in [0.05, 0.1) is 23.9 Å². The van der Waals surface area contributed by atoms with Crippen LogP contribution in [0.5, 0.6) is 0 Å². The Balaban J connectivity index is 0.00000672. The average Bonchev–Trinajstić information content (AvgIpc) is 1.53. The van der Waals surface area contributed by atoms with Gasteiger partial charge in [0.1, 0.15) is 18.3 Å². The third kappa shape index (κ3) is 14.2. The minimum atomic E-state index is -5.31. The molecule has 28 nitrogen and oxygen atoms in total. The van der Waals surface area contributed by atoms with Crippen molar-refractivity contribution in [1.29, 1.82) is 0 Å². The van der Waals surface area contributed by atoms with Crippen molar-refractivity contribution in [3.63, 3.8) is 0 Å². The number of carbonyl (C=O) groups excluding carboxylic acids is 7. The van der Waals surface area contributed by atoms with Crippen LogP contribution in [0.15, 0.2) is 61.4 Å². The molecule has 7 amide bonds. The SMILES string of the molecule is CC1=C2N=C(C=C3N=C(C(C)=C4[N-]C(C(CC(N)=O)C4(C)CCC(=O)NCC(C)OP(=O)([O-])OC4C(CO)OC(N5C[N-]c6cc(C)c(C)cc65)C4O)C4(C)N=C1C(CCC(N)=O)C4(C)CC(N)=O)C(CCC(N)=O)C3(C)C)C(CCC(N)=O)C2(C)CC(N)=O.[Co+3].[OH-]. The van der Waals surface area contributed by atoms with Crippen LogP contribution in [0.3, 0.4) is 0 Å². The number of benzene rings is 1. The van der Waals surface area contributed by atoms with Crippen LogP contribution in [0, 0.1) is 59.2 Å². The minimum Gasteiger partial charge on any atom is -0.870 e. The molecule has 30 heteroatoms. The van der Waals surface area contributed by atoms with E-state index in [-0.39, 0.29) is 106 Å². The van der Waals surface area contributed by atoms with E-state index in [1.54, 1.807) is 11.8 Å². The zero-order valence-corrected chi connectivity index (χ0v) is 56.0. The third-order valence-electron chi connectivity index (χ3n) is 20.6. The van der Waals surface area contributed by atoms with Gasteiger partial charge in [-0.1, -0.05) is 53.4 Å². The van der Waals surface area contributed by atoms with Crippen molar-refractivity contribution in [3.8, 4) is 0 Å². The Morgan fingerprint density at radius 2 is 1.39 bits per heavy atom. The van der Waals surface area contributed by atoms with E-state index in [0.717, 1.165) is 11.1 Å². The number of amides is 7. The molecule has 0 saturated carbocycles. The summed E-state index contributed by atoms with van der Waals surface area (Å²) in [6.45, 7) is 19.1. The van der Waals surface area contributed by atoms with Crippen LogP contribution in [0.25, 0.3) is 10.6 Å². The smallest absolute Gasteiger partial charge is 0.870 e. The molecule has 8 bridgehead atoms. The van der Waals surface area contributed by atoms with Gasteiger partial charge in [-0.05, 0) is 113 Å². The molecule has 16 N–H and O–H groups in total. The first-order valence-corrected chi connectivity index (χ1v) is 32.1. The molecule has 0 aromatic heterocycles. The van der Waals surface area contributed by atoms with Crippen molar-refractivity contribution < 1.29 is 89.3 Å². The normalized spacial score (nSPS) is 31.8. The molecule has 2 saturated heterocycles. The number of primary amides is 6. The van der Waals surface area contributed by atoms with E-state index < -0.39 is 143 Å². The summed E-state index contributed by atoms with van der Waals surface area (Å²) in [5, 5.41) is 34.7. The topological polar surface area (TPSA) is 494 Å². The predicted octanol–water partition coefficient (Wildman–Crippen LogP) is 3.40. The maximum Gasteiger partial charge on any atom is 3.00 e. The standard InChI is InChI=1S/C62H91N13O14P.Co.H2O/c1-29-20-39-40(21-30(29)2)75(28-70-39)57-52(84)53(41(27-76)87-57)89-90(85,86)88-31(3)26-69-49(83)18-19-59(8)37(22-46(66)80)56-62(11)61(10,25-48(68)82)36(14-17-45(65)79)51(74-62)33(5)55-60(9,24-47(67)81)34(12-15-43(63)77)38(71-55)23-42-58(6,7)35(13-16-44(64)78)50(72-42)32(4)54(59)73-56;;/h20-21,23,31,34-37,41,52-53,56-57,76,84H,12-19,22,24-28H2,1-11H3,(H15,63,64,65,66,67,68,69,71,72,73,74,77,78,79,80,81,82,83,85,86);;1H2/q-1;+3;/p-3. The zero-order valence-electron chi connectivity index (χ0n) is 54.1. The summed E-state index contributed by atoms with van der Waals surface area (Å²) in [6, 6.07) is 2.72. The van der Waals surface area contributed by atoms with Gasteiger partial charge in [-0.25, -0.2) is 0 Å². The van der Waals surface area contributed by atoms with Gasteiger partial charge < -0.3 is 89.6 Å². The second-order valence-corrected chi connectivity index (χ2v) is 28.4. The van der Waals surface area contributed by atoms with E-state index in [0.29, 0.717) is 56.7 Å². The van der Waals surface area contributed by atoms with Crippen LogP contribution in [0.1, 0.15) is 144 Å². The Bertz CT molecular complexity index is 3390. The zero-order chi connectivity index (χ0) is 66.7. The number of aryl methyl sites for hydroxylation is 2. The molecule has 0 radical (unpaired) electrons. The molecule has 2 fully saturated rings. The van der Waals surface area contributed by atoms with Gasteiger partial charge in [0, 0.05) is 114 Å². The molecule has 1 aromatic carbocycles. The van der Waals surface area contributed by atoms with Gasteiger partial charge in [-0.2, -0.15) is 5.70 Å². The van der Waals surface area contributed by atoms with Crippen molar-refractivity contribution in [3.05, 3.63) is 68.2 Å². The molecule has 0 spiro atoms. The minimum absolute atomic E-state index is 0. The molecule has 0 aliphatic carbocycles. The Morgan fingerprint density at radius 3 is 1.97 bits per heavy atom. The molecule has 7 heterocycles. The van der Waals surface area contributed by atoms with Gasteiger partial charge in [0.15, 0.2) is 6.23 Å². The van der Waals surface area contributed by atoms with E-state index in [1.165, 1.54) is 6.92 Å². The number of anilines is 1. The summed E-state index contributed by atoms with van der Waals surface area (Å²) in [5.74, 6) is -7.39. The first kappa shape index (κ1) is 74.6. The number of rotatable bonds is 26. The maximum absolute atomic E-state index is 14.4. The second-order valence-electron chi connectivity index (χ2n) is 27.1. The molecule has 15 atom stereocenters.